The van der Waals surface area contributed by atoms with Crippen LogP contribution in [0.5, 0.6) is 0 Å². The molecule has 0 radical (unpaired) electrons. The second-order valence-corrected chi connectivity index (χ2v) is 36.9. The smallest absolute Gasteiger partial charge is 0.135 e. The number of fused-ring (bicyclic) bond motifs is 13. The lowest BCUT2D eigenvalue weighted by Crippen LogP contribution is -2.28. The minimum Gasteiger partial charge on any atom is -0.456 e. The van der Waals surface area contributed by atoms with Gasteiger partial charge in [0.1, 0.15) is 11.2 Å². The first-order chi connectivity index (χ1) is 70.4. The van der Waals surface area contributed by atoms with Crippen molar-refractivity contribution in [3.63, 3.8) is 0 Å². The maximum Gasteiger partial charge on any atom is 0.135 e. The molecule has 142 heavy (non-hydrogen) atoms. The quantitative estimate of drug-likeness (QED) is 0.0857. The molecule has 27 rings (SSSR count). The van der Waals surface area contributed by atoms with Gasteiger partial charge in [0.15, 0.2) is 0 Å². The summed E-state index contributed by atoms with van der Waals surface area (Å²) in [5.41, 5.74) is 41.1. The number of benzene rings is 23. The van der Waals surface area contributed by atoms with Gasteiger partial charge in [-0.15, -0.1) is 0 Å². The number of furan rings is 1. The highest BCUT2D eigenvalue weighted by Gasteiger charge is 2.46. The molecule has 0 aliphatic heterocycles. The Balaban J connectivity index is 0.000000146. The molecule has 666 valence electrons. The third-order valence-corrected chi connectivity index (χ3v) is 28.8. The Labute approximate surface area is 825 Å². The van der Waals surface area contributed by atoms with Crippen LogP contribution in [0.2, 0.25) is 0 Å². The normalized spacial score (nSPS) is 12.0. The first kappa shape index (κ1) is 83.9. The van der Waals surface area contributed by atoms with Crippen molar-refractivity contribution in [1.29, 1.82) is 0 Å². The van der Waals surface area contributed by atoms with E-state index in [0.29, 0.717) is 0 Å². The van der Waals surface area contributed by atoms with Crippen LogP contribution in [0, 0.1) is 0 Å². The third-order valence-electron chi connectivity index (χ3n) is 28.8. The standard InChI is InChI=1S/C73H50N2.C64H42N2O/c1-6-23-51(24-7-1)56-46-57(52-25-8-2-9-26-52)48-62(47-56)75-71-40-21-18-37-65(71)66-43-41-54(49-72(66)75)53-27-22-28-55(45-53)63-35-17-20-39-70(63)74(60-33-14-5-15-34-60)61-42-44-69-67(50-61)64-36-16-19-38-68(64)73(69,58-29-10-3-11-30-58)59-31-12-4-13-32-59;1-3-17-43(18-4-1)49-38-50(44-19-5-2-6-20-44)40-52(39-49)66-61-30-13-10-27-55(61)56-35-33-47(41-62(56)66)46-23-15-24-48(37-46)54-26-9-12-29-59(54)65(60-31-16-22-45-21-7-8-25-53(45)60)51-34-36-64-58(42-51)57-28-11-14-32-63(57)67-64/h1-50H;1-42H. The largest absolute Gasteiger partial charge is 0.456 e. The summed E-state index contributed by atoms with van der Waals surface area (Å²) in [5, 5.41) is 9.48. The van der Waals surface area contributed by atoms with E-state index in [9.17, 15) is 0 Å². The molecule has 5 heteroatoms. The molecule has 1 aliphatic rings. The number of rotatable bonds is 18. The van der Waals surface area contributed by atoms with Gasteiger partial charge in [0.2, 0.25) is 0 Å². The molecule has 0 unspecified atom stereocenters. The number of hydrogen-bond acceptors (Lipinski definition) is 3. The fourth-order valence-electron chi connectivity index (χ4n) is 22.3. The highest BCUT2D eigenvalue weighted by molar-refractivity contribution is 6.14. The van der Waals surface area contributed by atoms with E-state index < -0.39 is 5.41 Å². The summed E-state index contributed by atoms with van der Waals surface area (Å²) >= 11 is 0. The van der Waals surface area contributed by atoms with Crippen molar-refractivity contribution in [3.8, 4) is 112 Å². The molecule has 5 nitrogen and oxygen atoms in total. The Morgan fingerprint density at radius 2 is 0.521 bits per heavy atom. The lowest BCUT2D eigenvalue weighted by Gasteiger charge is -2.34. The van der Waals surface area contributed by atoms with E-state index in [0.717, 1.165) is 117 Å². The average molecular weight is 1810 g/mol. The van der Waals surface area contributed by atoms with E-state index in [-0.39, 0.29) is 0 Å². The third kappa shape index (κ3) is 14.8. The lowest BCUT2D eigenvalue weighted by atomic mass is 9.68. The van der Waals surface area contributed by atoms with Crippen LogP contribution in [0.15, 0.2) is 563 Å². The van der Waals surface area contributed by atoms with Crippen molar-refractivity contribution in [3.05, 3.63) is 580 Å². The molecule has 0 saturated heterocycles. The number of nitrogens with zero attached hydrogens (tertiary/aromatic N) is 4. The lowest BCUT2D eigenvalue weighted by molar-refractivity contribution is 0.669. The van der Waals surface area contributed by atoms with Crippen molar-refractivity contribution >= 4 is 110 Å². The van der Waals surface area contributed by atoms with E-state index in [2.05, 4.69) is 565 Å². The van der Waals surface area contributed by atoms with Crippen LogP contribution in [-0.4, -0.2) is 9.13 Å². The van der Waals surface area contributed by atoms with Gasteiger partial charge in [0.25, 0.3) is 0 Å². The molecule has 0 amide bonds. The van der Waals surface area contributed by atoms with E-state index in [4.69, 9.17) is 4.42 Å². The van der Waals surface area contributed by atoms with Crippen LogP contribution < -0.4 is 9.80 Å². The zero-order valence-corrected chi connectivity index (χ0v) is 77.8. The summed E-state index contributed by atoms with van der Waals surface area (Å²) in [6.45, 7) is 0. The predicted molar refractivity (Wildman–Crippen MR) is 597 cm³/mol. The summed E-state index contributed by atoms with van der Waals surface area (Å²) in [4.78, 5) is 4.86. The fourth-order valence-corrected chi connectivity index (χ4v) is 22.3. The molecule has 0 spiro atoms. The maximum absolute atomic E-state index is 6.32. The van der Waals surface area contributed by atoms with Crippen molar-refractivity contribution < 1.29 is 4.42 Å². The highest BCUT2D eigenvalue weighted by Crippen LogP contribution is 2.58. The summed E-state index contributed by atoms with van der Waals surface area (Å²) in [6, 6.07) is 203. The van der Waals surface area contributed by atoms with Gasteiger partial charge in [0, 0.05) is 77.3 Å². The van der Waals surface area contributed by atoms with Crippen LogP contribution in [-0.2, 0) is 5.41 Å². The number of hydrogen-bond donors (Lipinski definition) is 0. The molecular formula is C137H92N4O. The molecule has 3 heterocycles. The van der Waals surface area contributed by atoms with Gasteiger partial charge in [-0.2, -0.15) is 0 Å². The minimum absolute atomic E-state index is 0.475. The molecule has 0 fully saturated rings. The Kier molecular flexibility index (Phi) is 21.1. The topological polar surface area (TPSA) is 29.5 Å². The van der Waals surface area contributed by atoms with E-state index in [1.54, 1.807) is 0 Å². The predicted octanol–water partition coefficient (Wildman–Crippen LogP) is 37.3. The molecule has 3 aromatic heterocycles. The number of para-hydroxylation sites is 6. The van der Waals surface area contributed by atoms with Gasteiger partial charge in [-0.05, 0) is 256 Å². The maximum atomic E-state index is 6.32. The zero-order valence-electron chi connectivity index (χ0n) is 77.8. The summed E-state index contributed by atoms with van der Waals surface area (Å²) in [5.74, 6) is 0. The molecule has 0 atom stereocenters. The van der Waals surface area contributed by atoms with Crippen LogP contribution in [0.3, 0.4) is 0 Å². The number of anilines is 6. The molecule has 23 aromatic carbocycles. The second kappa shape index (κ2) is 35.8. The number of aromatic nitrogens is 2. The molecule has 0 bridgehead atoms. The van der Waals surface area contributed by atoms with Crippen LogP contribution >= 0.6 is 0 Å². The summed E-state index contributed by atoms with van der Waals surface area (Å²) in [7, 11) is 0. The van der Waals surface area contributed by atoms with Crippen LogP contribution in [0.1, 0.15) is 22.3 Å². The second-order valence-electron chi connectivity index (χ2n) is 36.9. The van der Waals surface area contributed by atoms with Gasteiger partial charge in [-0.3, -0.25) is 0 Å². The monoisotopic (exact) mass is 1810 g/mol. The Morgan fingerprint density at radius 1 is 0.169 bits per heavy atom. The van der Waals surface area contributed by atoms with E-state index >= 15 is 0 Å². The molecular weight excluding hydrogens is 1720 g/mol. The summed E-state index contributed by atoms with van der Waals surface area (Å²) < 4.78 is 11.2. The van der Waals surface area contributed by atoms with E-state index in [1.165, 1.54) is 127 Å². The molecule has 0 N–H and O–H groups in total. The summed E-state index contributed by atoms with van der Waals surface area (Å²) in [6.07, 6.45) is 0. The first-order valence-electron chi connectivity index (χ1n) is 48.8. The van der Waals surface area contributed by atoms with Gasteiger partial charge in [-0.1, -0.05) is 419 Å². The van der Waals surface area contributed by atoms with Crippen molar-refractivity contribution in [2.24, 2.45) is 0 Å². The van der Waals surface area contributed by atoms with Gasteiger partial charge in [-0.25, -0.2) is 0 Å². The minimum atomic E-state index is -0.475. The Hall–Kier alpha value is -18.7. The van der Waals surface area contributed by atoms with Gasteiger partial charge >= 0.3 is 0 Å². The Bertz CT molecular complexity index is 9130. The Morgan fingerprint density at radius 3 is 1.05 bits per heavy atom. The fraction of sp³-hybridized carbons (Fsp3) is 0.00730. The van der Waals surface area contributed by atoms with Crippen molar-refractivity contribution in [2.45, 2.75) is 5.41 Å². The SMILES string of the molecule is c1ccc(-c2cc(-c3ccccc3)cc(-n3c4ccccc4c4ccc(-c5cccc(-c6ccccc6N(c6ccc7oc8ccccc8c7c6)c6cccc7ccccc67)c5)cc43)c2)cc1.c1ccc(-c2cc(-c3ccccc3)cc(-n3c4ccccc4c4ccc(-c5cccc(-c6ccccc6N(c6ccccc6)c6ccc7c(c6)-c6ccccc6C7(c6ccccc6)c6ccccc6)c5)cc43)c2)cc1. The molecule has 0 saturated carbocycles. The van der Waals surface area contributed by atoms with Crippen molar-refractivity contribution in [2.75, 3.05) is 9.80 Å². The van der Waals surface area contributed by atoms with Gasteiger partial charge < -0.3 is 23.4 Å². The molecule has 26 aromatic rings. The average Bonchev–Trinajstić information content (AvgIpc) is 1.53. The first-order valence-corrected chi connectivity index (χ1v) is 48.8. The van der Waals surface area contributed by atoms with E-state index in [1.807, 2.05) is 12.1 Å². The van der Waals surface area contributed by atoms with Gasteiger partial charge in [0.05, 0.1) is 44.5 Å². The van der Waals surface area contributed by atoms with Crippen molar-refractivity contribution in [1.82, 2.24) is 9.13 Å². The van der Waals surface area contributed by atoms with Crippen LogP contribution in [0.25, 0.3) is 188 Å². The zero-order chi connectivity index (χ0) is 94.0. The van der Waals surface area contributed by atoms with Crippen LogP contribution in [0.4, 0.5) is 34.1 Å². The highest BCUT2D eigenvalue weighted by atomic mass is 16.3. The molecule has 1 aliphatic carbocycles.